The molecule has 10 N–H and O–H groups in total. The molecule has 1 fully saturated rings. The van der Waals surface area contributed by atoms with Gasteiger partial charge in [0.2, 0.25) is 41.2 Å². The molecule has 7 amide bonds. The van der Waals surface area contributed by atoms with E-state index in [0.29, 0.717) is 12.8 Å². The van der Waals surface area contributed by atoms with Crippen LogP contribution in [0.25, 0.3) is 0 Å². The summed E-state index contributed by atoms with van der Waals surface area (Å²) in [5.41, 5.74) is 0. The van der Waals surface area contributed by atoms with Crippen LogP contribution in [0.3, 0.4) is 0 Å². The fourth-order valence-electron chi connectivity index (χ4n) is 5.72. The Morgan fingerprint density at radius 2 is 1.21 bits per heavy atom. The second kappa shape index (κ2) is 23.3. The van der Waals surface area contributed by atoms with Crippen molar-refractivity contribution < 1.29 is 73.2 Å². The first kappa shape index (κ1) is 48.3. The number of carboxylic acid groups (broad SMARTS) is 3. The van der Waals surface area contributed by atoms with Gasteiger partial charge < -0.3 is 57.2 Å². The average molecular weight is 800 g/mol. The fraction of sp³-hybridized carbons (Fsp3) is 0.676. The second-order valence-electron chi connectivity index (χ2n) is 13.6. The third kappa shape index (κ3) is 16.0. The number of carbonyl (C=O) groups is 11. The van der Waals surface area contributed by atoms with Crippen molar-refractivity contribution in [2.75, 3.05) is 13.1 Å². The van der Waals surface area contributed by atoms with Crippen molar-refractivity contribution >= 4 is 65.0 Å². The van der Waals surface area contributed by atoms with E-state index in [2.05, 4.69) is 26.6 Å². The molecule has 0 spiro atoms. The standard InChI is InChI=1S/C34H53N7O15/c1-6-8-19(28(50)33(55)35-15-25(48)49)37-31(53)22-9-7-14-41(22)34(56)27(17(4)42)40-32(54)26(16(2)3)39-30(52)21(11-13-24(46)47)38-29(51)20(36-18(5)43)10-12-23(44)45/h16-17,19-22,26-27,42H,6-15H2,1-5H3,(H,35,55)(H,36,43)(H,37,53)(H,38,51)(H,39,52)(H,40,54)(H,44,45)(H,46,47)(H,48,49). The van der Waals surface area contributed by atoms with Crippen LogP contribution in [0.5, 0.6) is 0 Å². The first-order valence-electron chi connectivity index (χ1n) is 18.1. The zero-order chi connectivity index (χ0) is 42.9. The van der Waals surface area contributed by atoms with E-state index < -0.39 is 139 Å². The highest BCUT2D eigenvalue weighted by Crippen LogP contribution is 2.20. The molecular formula is C34H53N7O15. The summed E-state index contributed by atoms with van der Waals surface area (Å²) >= 11 is 0. The SMILES string of the molecule is CCCC(NC(=O)C1CCCN1C(=O)C(NC(=O)C(NC(=O)C(CCC(=O)O)NC(=O)C(CCC(=O)O)NC(C)=O)C(C)C)C(C)O)C(=O)C(=O)NCC(=O)O. The van der Waals surface area contributed by atoms with Crippen molar-refractivity contribution in [3.63, 3.8) is 0 Å². The van der Waals surface area contributed by atoms with Crippen LogP contribution in [0, 0.1) is 5.92 Å². The average Bonchev–Trinajstić information content (AvgIpc) is 3.60. The Kier molecular flexibility index (Phi) is 20.1. The van der Waals surface area contributed by atoms with Crippen molar-refractivity contribution in [3.05, 3.63) is 0 Å². The minimum Gasteiger partial charge on any atom is -0.481 e. The number of Topliss-reactive ketones (excluding diaryl/α,β-unsaturated/α-hetero) is 1. The monoisotopic (exact) mass is 799 g/mol. The lowest BCUT2D eigenvalue weighted by molar-refractivity contribution is -0.145. The lowest BCUT2D eigenvalue weighted by atomic mass is 10.0. The number of ketones is 1. The van der Waals surface area contributed by atoms with Crippen LogP contribution in [0.1, 0.15) is 86.0 Å². The van der Waals surface area contributed by atoms with Gasteiger partial charge >= 0.3 is 17.9 Å². The van der Waals surface area contributed by atoms with Crippen LogP contribution in [0.15, 0.2) is 0 Å². The van der Waals surface area contributed by atoms with Crippen LogP contribution >= 0.6 is 0 Å². The van der Waals surface area contributed by atoms with Gasteiger partial charge in [0, 0.05) is 26.3 Å². The smallest absolute Gasteiger partial charge is 0.322 e. The van der Waals surface area contributed by atoms with Crippen molar-refractivity contribution in [1.82, 2.24) is 36.8 Å². The molecule has 1 saturated heterocycles. The quantitative estimate of drug-likeness (QED) is 0.0429. The summed E-state index contributed by atoms with van der Waals surface area (Å²) in [5.74, 6) is -12.4. The molecular weight excluding hydrogens is 746 g/mol. The minimum absolute atomic E-state index is 0.00272. The van der Waals surface area contributed by atoms with Crippen LogP contribution in [-0.4, -0.2) is 146 Å². The summed E-state index contributed by atoms with van der Waals surface area (Å²) in [6.07, 6.45) is -2.75. The molecule has 56 heavy (non-hydrogen) atoms. The molecule has 0 bridgehead atoms. The third-order valence-electron chi connectivity index (χ3n) is 8.59. The summed E-state index contributed by atoms with van der Waals surface area (Å²) < 4.78 is 0. The van der Waals surface area contributed by atoms with Crippen molar-refractivity contribution in [2.45, 2.75) is 128 Å². The van der Waals surface area contributed by atoms with E-state index in [4.69, 9.17) is 10.2 Å². The molecule has 1 rings (SSSR count). The Morgan fingerprint density at radius 3 is 1.70 bits per heavy atom. The normalized spacial score (nSPS) is 16.8. The summed E-state index contributed by atoms with van der Waals surface area (Å²) in [5, 5.41) is 51.4. The lowest BCUT2D eigenvalue weighted by Crippen LogP contribution is -2.62. The maximum atomic E-state index is 13.8. The maximum absolute atomic E-state index is 13.8. The number of likely N-dealkylation sites (tertiary alicyclic amines) is 1. The third-order valence-corrected chi connectivity index (χ3v) is 8.59. The van der Waals surface area contributed by atoms with Gasteiger partial charge in [0.25, 0.3) is 5.91 Å². The number of aliphatic carboxylic acids is 3. The van der Waals surface area contributed by atoms with E-state index in [1.54, 1.807) is 6.92 Å². The Bertz CT molecular complexity index is 1500. The Balaban J connectivity index is 3.22. The van der Waals surface area contributed by atoms with E-state index in [0.717, 1.165) is 11.8 Å². The highest BCUT2D eigenvalue weighted by molar-refractivity contribution is 6.38. The van der Waals surface area contributed by atoms with Crippen LogP contribution in [0.2, 0.25) is 0 Å². The Morgan fingerprint density at radius 1 is 0.679 bits per heavy atom. The van der Waals surface area contributed by atoms with E-state index in [-0.39, 0.29) is 25.8 Å². The number of carbonyl (C=O) groups excluding carboxylic acids is 8. The minimum atomic E-state index is -1.67. The molecule has 22 nitrogen and oxygen atoms in total. The second-order valence-corrected chi connectivity index (χ2v) is 13.6. The van der Waals surface area contributed by atoms with Gasteiger partial charge in [-0.3, -0.25) is 52.7 Å². The van der Waals surface area contributed by atoms with Gasteiger partial charge in [-0.05, 0) is 44.9 Å². The molecule has 0 saturated carbocycles. The first-order chi connectivity index (χ1) is 26.1. The van der Waals surface area contributed by atoms with Crippen molar-refractivity contribution in [2.24, 2.45) is 5.92 Å². The van der Waals surface area contributed by atoms with E-state index in [9.17, 15) is 63.0 Å². The highest BCUT2D eigenvalue weighted by Gasteiger charge is 2.42. The predicted octanol–water partition coefficient (Wildman–Crippen LogP) is -3.24. The molecule has 7 unspecified atom stereocenters. The molecule has 0 radical (unpaired) electrons. The number of amides is 7. The summed E-state index contributed by atoms with van der Waals surface area (Å²) in [6, 6.07) is -8.62. The molecule has 1 aliphatic heterocycles. The molecule has 1 aliphatic rings. The molecule has 314 valence electrons. The number of rotatable bonds is 24. The van der Waals surface area contributed by atoms with Crippen LogP contribution in [0.4, 0.5) is 0 Å². The van der Waals surface area contributed by atoms with Gasteiger partial charge in [0.1, 0.15) is 36.8 Å². The number of hydrogen-bond acceptors (Lipinski definition) is 12. The number of hydrogen-bond donors (Lipinski definition) is 10. The number of carboxylic acids is 3. The topological polar surface area (TPSA) is 344 Å². The molecule has 0 aromatic heterocycles. The number of nitrogens with zero attached hydrogens (tertiary/aromatic N) is 1. The molecule has 0 aromatic rings. The molecule has 0 aliphatic carbocycles. The predicted molar refractivity (Wildman–Crippen MR) is 191 cm³/mol. The van der Waals surface area contributed by atoms with Gasteiger partial charge in [-0.2, -0.15) is 0 Å². The molecule has 22 heteroatoms. The maximum Gasteiger partial charge on any atom is 0.322 e. The summed E-state index contributed by atoms with van der Waals surface area (Å²) in [6.45, 7) is 6.16. The fourth-order valence-corrected chi connectivity index (χ4v) is 5.72. The van der Waals surface area contributed by atoms with E-state index in [1.165, 1.54) is 20.8 Å². The summed E-state index contributed by atoms with van der Waals surface area (Å²) in [7, 11) is 0. The van der Waals surface area contributed by atoms with Crippen LogP contribution in [-0.2, 0) is 52.7 Å². The molecule has 7 atom stereocenters. The zero-order valence-corrected chi connectivity index (χ0v) is 31.9. The lowest BCUT2D eigenvalue weighted by Gasteiger charge is -2.32. The van der Waals surface area contributed by atoms with E-state index >= 15 is 0 Å². The van der Waals surface area contributed by atoms with Gasteiger partial charge in [0.05, 0.1) is 12.1 Å². The van der Waals surface area contributed by atoms with Crippen molar-refractivity contribution in [3.8, 4) is 0 Å². The zero-order valence-electron chi connectivity index (χ0n) is 31.9. The van der Waals surface area contributed by atoms with Crippen molar-refractivity contribution in [1.29, 1.82) is 0 Å². The number of nitrogens with one attached hydrogen (secondary N) is 6. The number of aliphatic hydroxyl groups excluding tert-OH is 1. The van der Waals surface area contributed by atoms with Gasteiger partial charge in [-0.1, -0.05) is 27.2 Å². The highest BCUT2D eigenvalue weighted by atomic mass is 16.4. The number of aliphatic hydroxyl groups is 1. The van der Waals surface area contributed by atoms with Crippen LogP contribution < -0.4 is 31.9 Å². The largest absolute Gasteiger partial charge is 0.481 e. The summed E-state index contributed by atoms with van der Waals surface area (Å²) in [4.78, 5) is 138. The Hall–Kier alpha value is -5.67. The van der Waals surface area contributed by atoms with E-state index in [1.807, 2.05) is 5.32 Å². The Labute approximate surface area is 322 Å². The molecule has 1 heterocycles. The molecule has 0 aromatic carbocycles. The van der Waals surface area contributed by atoms with Gasteiger partial charge in [-0.15, -0.1) is 0 Å². The van der Waals surface area contributed by atoms with Gasteiger partial charge in [0.15, 0.2) is 0 Å². The first-order valence-corrected chi connectivity index (χ1v) is 18.1. The van der Waals surface area contributed by atoms with Gasteiger partial charge in [-0.25, -0.2) is 0 Å².